The molecule has 0 aliphatic carbocycles. The Morgan fingerprint density at radius 2 is 1.81 bits per heavy atom. The van der Waals surface area contributed by atoms with Crippen LogP contribution in [-0.4, -0.2) is 14.9 Å². The van der Waals surface area contributed by atoms with E-state index in [0.717, 1.165) is 20.8 Å². The van der Waals surface area contributed by atoms with Crippen molar-refractivity contribution in [2.75, 3.05) is 0 Å². The number of nitrogens with zero attached hydrogens (tertiary/aromatic N) is 3. The monoisotopic (exact) mass is 379 g/mol. The summed E-state index contributed by atoms with van der Waals surface area (Å²) in [5.74, 6) is 0.695. The van der Waals surface area contributed by atoms with Crippen molar-refractivity contribution < 1.29 is 4.92 Å². The minimum absolute atomic E-state index is 0.105. The van der Waals surface area contributed by atoms with Crippen LogP contribution < -0.4 is 0 Å². The number of nitro benzene ring substituents is 1. The molecule has 26 heavy (non-hydrogen) atoms. The lowest BCUT2D eigenvalue weighted by molar-refractivity contribution is -0.384. The van der Waals surface area contributed by atoms with Crippen LogP contribution in [0.5, 0.6) is 0 Å². The third-order valence-electron chi connectivity index (χ3n) is 3.87. The van der Waals surface area contributed by atoms with Crippen LogP contribution in [0.25, 0.3) is 20.7 Å². The Kier molecular flexibility index (Phi) is 4.64. The van der Waals surface area contributed by atoms with Gasteiger partial charge in [0.25, 0.3) is 5.69 Å². The van der Waals surface area contributed by atoms with Crippen LogP contribution in [0.2, 0.25) is 0 Å². The van der Waals surface area contributed by atoms with Crippen molar-refractivity contribution in [3.63, 3.8) is 0 Å². The maximum Gasteiger partial charge on any atom is 0.269 e. The second-order valence-corrected chi connectivity index (χ2v) is 7.58. The van der Waals surface area contributed by atoms with Gasteiger partial charge in [-0.1, -0.05) is 42.5 Å². The number of rotatable bonds is 5. The smallest absolute Gasteiger partial charge is 0.258 e. The zero-order chi connectivity index (χ0) is 17.9. The Balaban J connectivity index is 1.58. The first-order valence-electron chi connectivity index (χ1n) is 7.87. The Bertz CT molecular complexity index is 1060. The minimum Gasteiger partial charge on any atom is -0.258 e. The van der Waals surface area contributed by atoms with Crippen molar-refractivity contribution in [3.8, 4) is 10.4 Å². The van der Waals surface area contributed by atoms with Gasteiger partial charge in [-0.25, -0.2) is 9.97 Å². The molecule has 2 heterocycles. The van der Waals surface area contributed by atoms with Gasteiger partial charge in [0.1, 0.15) is 16.2 Å². The van der Waals surface area contributed by atoms with Gasteiger partial charge in [-0.15, -0.1) is 23.1 Å². The Morgan fingerprint density at radius 1 is 1.04 bits per heavy atom. The third kappa shape index (κ3) is 3.44. The van der Waals surface area contributed by atoms with Gasteiger partial charge in [-0.3, -0.25) is 10.1 Å². The highest BCUT2D eigenvalue weighted by Crippen LogP contribution is 2.36. The second-order valence-electron chi connectivity index (χ2n) is 5.59. The minimum atomic E-state index is -0.388. The van der Waals surface area contributed by atoms with Crippen LogP contribution in [0.3, 0.4) is 0 Å². The van der Waals surface area contributed by atoms with E-state index in [9.17, 15) is 10.1 Å². The van der Waals surface area contributed by atoms with Crippen molar-refractivity contribution >= 4 is 39.0 Å². The van der Waals surface area contributed by atoms with Crippen LogP contribution in [0, 0.1) is 10.1 Å². The molecule has 0 saturated carbocycles. The van der Waals surface area contributed by atoms with Crippen LogP contribution in [0.4, 0.5) is 5.69 Å². The molecule has 0 saturated heterocycles. The van der Waals surface area contributed by atoms with Gasteiger partial charge >= 0.3 is 0 Å². The lowest BCUT2D eigenvalue weighted by Gasteiger charge is -2.02. The van der Waals surface area contributed by atoms with Crippen LogP contribution >= 0.6 is 23.1 Å². The standard InChI is InChI=1S/C19H13N3O2S2/c23-22(24)15-8-6-13(7-9-15)11-25-18-16-10-17(14-4-2-1-3-5-14)26-19(16)21-12-20-18/h1-10,12H,11H2. The van der Waals surface area contributed by atoms with Crippen LogP contribution in [0.1, 0.15) is 5.56 Å². The highest BCUT2D eigenvalue weighted by molar-refractivity contribution is 7.98. The van der Waals surface area contributed by atoms with Gasteiger partial charge in [0, 0.05) is 28.1 Å². The molecule has 0 fully saturated rings. The summed E-state index contributed by atoms with van der Waals surface area (Å²) in [6.07, 6.45) is 1.59. The number of thiophene rings is 1. The SMILES string of the molecule is O=[N+]([O-])c1ccc(CSc2ncnc3sc(-c4ccccc4)cc23)cc1. The molecule has 5 nitrogen and oxygen atoms in total. The van der Waals surface area contributed by atoms with E-state index in [-0.39, 0.29) is 10.6 Å². The van der Waals surface area contributed by atoms with Gasteiger partial charge in [-0.05, 0) is 17.2 Å². The first kappa shape index (κ1) is 16.7. The number of hydrogen-bond acceptors (Lipinski definition) is 6. The van der Waals surface area contributed by atoms with E-state index in [1.165, 1.54) is 22.6 Å². The maximum atomic E-state index is 10.7. The second kappa shape index (κ2) is 7.23. The molecule has 0 N–H and O–H groups in total. The van der Waals surface area contributed by atoms with E-state index < -0.39 is 0 Å². The average Bonchev–Trinajstić information content (AvgIpc) is 3.12. The molecule has 0 radical (unpaired) electrons. The van der Waals surface area contributed by atoms with Crippen LogP contribution in [-0.2, 0) is 5.75 Å². The van der Waals surface area contributed by atoms with Gasteiger partial charge in [0.05, 0.1) is 4.92 Å². The van der Waals surface area contributed by atoms with Crippen molar-refractivity contribution in [2.45, 2.75) is 10.8 Å². The van der Waals surface area contributed by atoms with Crippen molar-refractivity contribution in [2.24, 2.45) is 0 Å². The lowest BCUT2D eigenvalue weighted by Crippen LogP contribution is -1.89. The van der Waals surface area contributed by atoms with E-state index in [4.69, 9.17) is 0 Å². The Hall–Kier alpha value is -2.77. The summed E-state index contributed by atoms with van der Waals surface area (Å²) in [7, 11) is 0. The molecule has 128 valence electrons. The molecular formula is C19H13N3O2S2. The van der Waals surface area contributed by atoms with Gasteiger partial charge in [0.15, 0.2) is 0 Å². The summed E-state index contributed by atoms with van der Waals surface area (Å²) >= 11 is 3.26. The lowest BCUT2D eigenvalue weighted by atomic mass is 10.2. The van der Waals surface area contributed by atoms with E-state index in [1.54, 1.807) is 41.6 Å². The molecule has 7 heteroatoms. The topological polar surface area (TPSA) is 68.9 Å². The summed E-state index contributed by atoms with van der Waals surface area (Å²) in [4.78, 5) is 21.3. The van der Waals surface area contributed by atoms with E-state index in [0.29, 0.717) is 5.75 Å². The van der Waals surface area contributed by atoms with E-state index in [1.807, 2.05) is 18.2 Å². The fourth-order valence-corrected chi connectivity index (χ4v) is 4.56. The van der Waals surface area contributed by atoms with Gasteiger partial charge in [-0.2, -0.15) is 0 Å². The number of non-ortho nitro benzene ring substituents is 1. The molecule has 0 aliphatic heterocycles. The van der Waals surface area contributed by atoms with Crippen molar-refractivity contribution in [3.05, 3.63) is 82.7 Å². The number of hydrogen-bond donors (Lipinski definition) is 0. The quantitative estimate of drug-likeness (QED) is 0.196. The molecule has 4 aromatic rings. The largest absolute Gasteiger partial charge is 0.269 e. The number of aromatic nitrogens is 2. The maximum absolute atomic E-state index is 10.7. The first-order valence-corrected chi connectivity index (χ1v) is 9.67. The molecule has 2 aromatic heterocycles. The summed E-state index contributed by atoms with van der Waals surface area (Å²) in [5.41, 5.74) is 2.29. The highest BCUT2D eigenvalue weighted by Gasteiger charge is 2.11. The molecule has 0 bridgehead atoms. The summed E-state index contributed by atoms with van der Waals surface area (Å²) in [5, 5.41) is 12.7. The molecule has 0 aliphatic rings. The number of nitro groups is 1. The predicted octanol–water partition coefficient (Wildman–Crippen LogP) is 5.56. The summed E-state index contributed by atoms with van der Waals surface area (Å²) in [6.45, 7) is 0. The van der Waals surface area contributed by atoms with Gasteiger partial charge < -0.3 is 0 Å². The molecule has 0 unspecified atom stereocenters. The first-order chi connectivity index (χ1) is 12.7. The highest BCUT2D eigenvalue weighted by atomic mass is 32.2. The Labute approximate surface area is 157 Å². The fourth-order valence-electron chi connectivity index (χ4n) is 2.56. The summed E-state index contributed by atoms with van der Waals surface area (Å²) in [6, 6.07) is 19.0. The van der Waals surface area contributed by atoms with Crippen LogP contribution in [0.15, 0.2) is 72.0 Å². The van der Waals surface area contributed by atoms with Crippen molar-refractivity contribution in [1.82, 2.24) is 9.97 Å². The molecule has 2 aromatic carbocycles. The fraction of sp³-hybridized carbons (Fsp3) is 0.0526. The molecule has 4 rings (SSSR count). The average molecular weight is 379 g/mol. The van der Waals surface area contributed by atoms with E-state index in [2.05, 4.69) is 28.2 Å². The summed E-state index contributed by atoms with van der Waals surface area (Å²) < 4.78 is 0. The third-order valence-corrected chi connectivity index (χ3v) is 6.04. The number of benzene rings is 2. The predicted molar refractivity (Wildman–Crippen MR) is 106 cm³/mol. The number of thioether (sulfide) groups is 1. The molecular weight excluding hydrogens is 366 g/mol. The van der Waals surface area contributed by atoms with Gasteiger partial charge in [0.2, 0.25) is 0 Å². The number of fused-ring (bicyclic) bond motifs is 1. The normalized spacial score (nSPS) is 10.9. The Morgan fingerprint density at radius 3 is 2.54 bits per heavy atom. The molecule has 0 amide bonds. The van der Waals surface area contributed by atoms with Crippen molar-refractivity contribution in [1.29, 1.82) is 0 Å². The zero-order valence-corrected chi connectivity index (χ0v) is 15.2. The zero-order valence-electron chi connectivity index (χ0n) is 13.5. The molecule has 0 atom stereocenters. The van der Waals surface area contributed by atoms with E-state index >= 15 is 0 Å². The molecule has 0 spiro atoms.